The lowest BCUT2D eigenvalue weighted by Crippen LogP contribution is -2.54. The van der Waals surface area contributed by atoms with Crippen molar-refractivity contribution in [3.63, 3.8) is 0 Å². The summed E-state index contributed by atoms with van der Waals surface area (Å²) in [6.45, 7) is 6.00. The highest BCUT2D eigenvalue weighted by molar-refractivity contribution is 6.30. The molecule has 3 rings (SSSR count). The second kappa shape index (κ2) is 6.58. The van der Waals surface area contributed by atoms with Crippen LogP contribution in [-0.4, -0.2) is 34.8 Å². The molecule has 140 valence electrons. The van der Waals surface area contributed by atoms with Gasteiger partial charge >= 0.3 is 6.03 Å². The molecule has 1 aliphatic carbocycles. The highest BCUT2D eigenvalue weighted by atomic mass is 35.5. The van der Waals surface area contributed by atoms with Crippen molar-refractivity contribution in [3.8, 4) is 0 Å². The standard InChI is InChI=1S/C19H24ClN3O3/c1-12-8-18(2,3)11-19(9-12)16(25)23(17(26)22-19)10-15(24)21-14-6-4-5-13(20)7-14/h4-7,12H,8-11H2,1-3H3,(H,21,24)(H,22,26)/t12-,19-/m0/s1. The van der Waals surface area contributed by atoms with E-state index in [-0.39, 0.29) is 17.9 Å². The van der Waals surface area contributed by atoms with Crippen LogP contribution >= 0.6 is 11.6 Å². The Balaban J connectivity index is 1.72. The minimum Gasteiger partial charge on any atom is -0.324 e. The molecule has 4 amide bonds. The van der Waals surface area contributed by atoms with E-state index in [9.17, 15) is 14.4 Å². The Morgan fingerprint density at radius 3 is 2.73 bits per heavy atom. The molecule has 2 atom stereocenters. The molecule has 26 heavy (non-hydrogen) atoms. The van der Waals surface area contributed by atoms with Crippen molar-refractivity contribution < 1.29 is 14.4 Å². The Hall–Kier alpha value is -2.08. The highest BCUT2D eigenvalue weighted by Gasteiger charge is 2.56. The fourth-order valence-electron chi connectivity index (χ4n) is 4.56. The Bertz CT molecular complexity index is 764. The van der Waals surface area contributed by atoms with Crippen LogP contribution in [0.15, 0.2) is 24.3 Å². The molecule has 1 heterocycles. The topological polar surface area (TPSA) is 78.5 Å². The molecular weight excluding hydrogens is 354 g/mol. The first-order chi connectivity index (χ1) is 12.1. The summed E-state index contributed by atoms with van der Waals surface area (Å²) >= 11 is 5.90. The van der Waals surface area contributed by atoms with E-state index in [4.69, 9.17) is 11.6 Å². The molecule has 1 aromatic carbocycles. The zero-order valence-electron chi connectivity index (χ0n) is 15.3. The number of carbonyl (C=O) groups is 3. The molecule has 7 heteroatoms. The number of imide groups is 1. The fraction of sp³-hybridized carbons (Fsp3) is 0.526. The lowest BCUT2D eigenvalue weighted by atomic mass is 9.64. The molecule has 2 fully saturated rings. The smallest absolute Gasteiger partial charge is 0.324 e. The second-order valence-corrected chi connectivity index (χ2v) is 8.75. The number of anilines is 1. The van der Waals surface area contributed by atoms with Gasteiger partial charge in [-0.15, -0.1) is 0 Å². The first kappa shape index (κ1) is 18.7. The maximum atomic E-state index is 13.0. The lowest BCUT2D eigenvalue weighted by molar-refractivity contribution is -0.136. The number of nitrogens with one attached hydrogen (secondary N) is 2. The minimum absolute atomic E-state index is 0.0420. The summed E-state index contributed by atoms with van der Waals surface area (Å²) in [4.78, 5) is 38.7. The van der Waals surface area contributed by atoms with Crippen molar-refractivity contribution in [2.75, 3.05) is 11.9 Å². The van der Waals surface area contributed by atoms with Gasteiger partial charge in [0.25, 0.3) is 5.91 Å². The van der Waals surface area contributed by atoms with Gasteiger partial charge < -0.3 is 10.6 Å². The molecule has 0 bridgehead atoms. The van der Waals surface area contributed by atoms with Crippen LogP contribution in [0.4, 0.5) is 10.5 Å². The number of hydrogen-bond acceptors (Lipinski definition) is 3. The van der Waals surface area contributed by atoms with Crippen molar-refractivity contribution >= 4 is 35.1 Å². The van der Waals surface area contributed by atoms with Crippen LogP contribution in [0, 0.1) is 11.3 Å². The quantitative estimate of drug-likeness (QED) is 0.792. The molecule has 1 saturated carbocycles. The van der Waals surface area contributed by atoms with Crippen LogP contribution in [0.1, 0.15) is 40.0 Å². The SMILES string of the molecule is C[C@H]1CC(C)(C)C[C@]2(C1)NC(=O)N(CC(=O)Nc1cccc(Cl)c1)C2=O. The Labute approximate surface area is 158 Å². The normalized spacial score (nSPS) is 27.5. The summed E-state index contributed by atoms with van der Waals surface area (Å²) < 4.78 is 0. The van der Waals surface area contributed by atoms with Gasteiger partial charge in [0, 0.05) is 10.7 Å². The van der Waals surface area contributed by atoms with Gasteiger partial charge in [-0.1, -0.05) is 38.4 Å². The number of rotatable bonds is 3. The zero-order valence-corrected chi connectivity index (χ0v) is 16.0. The van der Waals surface area contributed by atoms with Gasteiger partial charge in [-0.2, -0.15) is 0 Å². The van der Waals surface area contributed by atoms with Crippen molar-refractivity contribution in [2.45, 2.75) is 45.6 Å². The third kappa shape index (κ3) is 3.70. The van der Waals surface area contributed by atoms with Gasteiger partial charge in [0.1, 0.15) is 12.1 Å². The van der Waals surface area contributed by atoms with Gasteiger partial charge in [-0.25, -0.2) is 4.79 Å². The molecule has 2 N–H and O–H groups in total. The van der Waals surface area contributed by atoms with Gasteiger partial charge in [0.05, 0.1) is 0 Å². The molecule has 1 spiro atoms. The van der Waals surface area contributed by atoms with E-state index < -0.39 is 17.5 Å². The summed E-state index contributed by atoms with van der Waals surface area (Å²) in [5, 5.41) is 6.04. The van der Waals surface area contributed by atoms with Gasteiger partial charge in [-0.05, 0) is 48.8 Å². The van der Waals surface area contributed by atoms with Crippen molar-refractivity contribution in [3.05, 3.63) is 29.3 Å². The summed E-state index contributed by atoms with van der Waals surface area (Å²) in [6, 6.07) is 6.22. The van der Waals surface area contributed by atoms with Crippen LogP contribution in [0.5, 0.6) is 0 Å². The molecule has 1 aliphatic heterocycles. The van der Waals surface area contributed by atoms with E-state index in [0.717, 1.165) is 11.3 Å². The molecule has 0 radical (unpaired) electrons. The number of halogens is 1. The Morgan fingerprint density at radius 2 is 2.08 bits per heavy atom. The Kier molecular flexibility index (Phi) is 4.73. The van der Waals surface area contributed by atoms with Gasteiger partial charge in [0.2, 0.25) is 5.91 Å². The zero-order chi connectivity index (χ0) is 19.1. The molecule has 1 aromatic rings. The average Bonchev–Trinajstić information content (AvgIpc) is 2.68. The maximum absolute atomic E-state index is 13.0. The number of hydrogen-bond donors (Lipinski definition) is 2. The second-order valence-electron chi connectivity index (χ2n) is 8.32. The summed E-state index contributed by atoms with van der Waals surface area (Å²) in [5.74, 6) is -0.414. The first-order valence-corrected chi connectivity index (χ1v) is 9.18. The maximum Gasteiger partial charge on any atom is 0.325 e. The number of benzene rings is 1. The van der Waals surface area contributed by atoms with Crippen LogP contribution in [0.2, 0.25) is 5.02 Å². The van der Waals surface area contributed by atoms with E-state index in [0.29, 0.717) is 29.5 Å². The molecule has 0 aromatic heterocycles. The highest BCUT2D eigenvalue weighted by Crippen LogP contribution is 2.46. The predicted octanol–water partition coefficient (Wildman–Crippen LogP) is 3.42. The van der Waals surface area contributed by atoms with Crippen molar-refractivity contribution in [1.29, 1.82) is 0 Å². The fourth-order valence-corrected chi connectivity index (χ4v) is 4.75. The number of amides is 4. The molecule has 6 nitrogen and oxygen atoms in total. The average molecular weight is 378 g/mol. The first-order valence-electron chi connectivity index (χ1n) is 8.80. The van der Waals surface area contributed by atoms with Crippen molar-refractivity contribution in [2.24, 2.45) is 11.3 Å². The number of nitrogens with zero attached hydrogens (tertiary/aromatic N) is 1. The molecular formula is C19H24ClN3O3. The van der Waals surface area contributed by atoms with E-state index in [1.54, 1.807) is 24.3 Å². The third-order valence-electron chi connectivity index (χ3n) is 5.03. The van der Waals surface area contributed by atoms with Crippen LogP contribution in [-0.2, 0) is 9.59 Å². The van der Waals surface area contributed by atoms with Crippen LogP contribution in [0.3, 0.4) is 0 Å². The Morgan fingerprint density at radius 1 is 1.35 bits per heavy atom. The van der Waals surface area contributed by atoms with E-state index >= 15 is 0 Å². The van der Waals surface area contributed by atoms with Crippen LogP contribution < -0.4 is 10.6 Å². The molecule has 1 saturated heterocycles. The van der Waals surface area contributed by atoms with E-state index in [2.05, 4.69) is 31.4 Å². The summed E-state index contributed by atoms with van der Waals surface area (Å²) in [5.41, 5.74) is -0.412. The van der Waals surface area contributed by atoms with Crippen molar-refractivity contribution in [1.82, 2.24) is 10.2 Å². The molecule has 0 unspecified atom stereocenters. The summed E-state index contributed by atoms with van der Waals surface area (Å²) in [7, 11) is 0. The number of carbonyl (C=O) groups excluding carboxylic acids is 3. The number of urea groups is 1. The minimum atomic E-state index is -0.894. The van der Waals surface area contributed by atoms with Crippen LogP contribution in [0.25, 0.3) is 0 Å². The lowest BCUT2D eigenvalue weighted by Gasteiger charge is -2.43. The third-order valence-corrected chi connectivity index (χ3v) is 5.27. The van der Waals surface area contributed by atoms with Gasteiger partial charge in [0.15, 0.2) is 0 Å². The van der Waals surface area contributed by atoms with E-state index in [1.807, 2.05) is 0 Å². The predicted molar refractivity (Wildman–Crippen MR) is 99.9 cm³/mol. The molecule has 2 aliphatic rings. The van der Waals surface area contributed by atoms with Gasteiger partial charge in [-0.3, -0.25) is 14.5 Å². The summed E-state index contributed by atoms with van der Waals surface area (Å²) in [6.07, 6.45) is 2.20. The van der Waals surface area contributed by atoms with E-state index in [1.165, 1.54) is 0 Å². The largest absolute Gasteiger partial charge is 0.325 e. The monoisotopic (exact) mass is 377 g/mol.